The Morgan fingerprint density at radius 1 is 1.37 bits per heavy atom. The summed E-state index contributed by atoms with van der Waals surface area (Å²) in [5, 5.41) is 12.3. The summed E-state index contributed by atoms with van der Waals surface area (Å²) in [5.41, 5.74) is 0.160. The first-order valence-corrected chi connectivity index (χ1v) is 7.57. The predicted octanol–water partition coefficient (Wildman–Crippen LogP) is 3.63. The largest absolute Gasteiger partial charge is 0.480 e. The summed E-state index contributed by atoms with van der Waals surface area (Å²) in [5.74, 6) is -0.386. The number of carbonyl (C=O) groups is 1. The molecule has 4 heteroatoms. The Labute approximate surface area is 120 Å². The van der Waals surface area contributed by atoms with Gasteiger partial charge in [-0.1, -0.05) is 34.6 Å². The first kappa shape index (κ1) is 16.2. The number of aliphatic carboxylic acids is 1. The van der Waals surface area contributed by atoms with Crippen LogP contribution in [0.2, 0.25) is 0 Å². The highest BCUT2D eigenvalue weighted by atomic mass is 32.1. The van der Waals surface area contributed by atoms with Gasteiger partial charge in [0.05, 0.1) is 0 Å². The predicted molar refractivity (Wildman–Crippen MR) is 80.7 cm³/mol. The van der Waals surface area contributed by atoms with Crippen molar-refractivity contribution in [2.24, 2.45) is 5.92 Å². The smallest absolute Gasteiger partial charge is 0.320 e. The minimum Gasteiger partial charge on any atom is -0.480 e. The number of nitrogens with one attached hydrogen (secondary N) is 1. The van der Waals surface area contributed by atoms with Crippen molar-refractivity contribution in [3.05, 3.63) is 21.9 Å². The molecule has 0 amide bonds. The second-order valence-electron chi connectivity index (χ2n) is 6.42. The quantitative estimate of drug-likeness (QED) is 0.838. The van der Waals surface area contributed by atoms with Crippen LogP contribution in [-0.2, 0) is 16.8 Å². The zero-order valence-electron chi connectivity index (χ0n) is 12.5. The van der Waals surface area contributed by atoms with Crippen LogP contribution in [0.15, 0.2) is 12.1 Å². The summed E-state index contributed by atoms with van der Waals surface area (Å²) in [6.07, 6.45) is 0.660. The molecule has 108 valence electrons. The molecule has 1 atom stereocenters. The van der Waals surface area contributed by atoms with E-state index in [4.69, 9.17) is 0 Å². The molecule has 0 aliphatic heterocycles. The van der Waals surface area contributed by atoms with Gasteiger partial charge in [0.15, 0.2) is 0 Å². The van der Waals surface area contributed by atoms with Crippen LogP contribution in [0.3, 0.4) is 0 Å². The van der Waals surface area contributed by atoms with E-state index in [2.05, 4.69) is 38.2 Å². The van der Waals surface area contributed by atoms with Crippen molar-refractivity contribution < 1.29 is 9.90 Å². The van der Waals surface area contributed by atoms with Crippen molar-refractivity contribution in [3.8, 4) is 0 Å². The zero-order chi connectivity index (χ0) is 14.6. The number of carboxylic acids is 1. The van der Waals surface area contributed by atoms with Gasteiger partial charge in [-0.05, 0) is 29.9 Å². The molecule has 1 heterocycles. The van der Waals surface area contributed by atoms with E-state index in [1.165, 1.54) is 9.75 Å². The van der Waals surface area contributed by atoms with Gasteiger partial charge >= 0.3 is 5.97 Å². The number of carboxylic acid groups (broad SMARTS) is 1. The maximum atomic E-state index is 11.2. The highest BCUT2D eigenvalue weighted by Gasteiger charge is 2.19. The average Bonchev–Trinajstić information content (AvgIpc) is 2.71. The third-order valence-corrected chi connectivity index (χ3v) is 4.44. The van der Waals surface area contributed by atoms with E-state index in [0.29, 0.717) is 18.9 Å². The van der Waals surface area contributed by atoms with Crippen molar-refractivity contribution in [2.45, 2.75) is 59.0 Å². The molecular weight excluding hydrogens is 258 g/mol. The van der Waals surface area contributed by atoms with Crippen molar-refractivity contribution in [2.75, 3.05) is 0 Å². The van der Waals surface area contributed by atoms with Gasteiger partial charge < -0.3 is 5.11 Å². The van der Waals surface area contributed by atoms with Crippen molar-refractivity contribution in [1.29, 1.82) is 0 Å². The fourth-order valence-electron chi connectivity index (χ4n) is 1.84. The van der Waals surface area contributed by atoms with Gasteiger partial charge in [0, 0.05) is 16.3 Å². The van der Waals surface area contributed by atoms with E-state index in [1.807, 2.05) is 13.8 Å². The normalized spacial score (nSPS) is 13.8. The minimum atomic E-state index is -0.763. The molecule has 2 N–H and O–H groups in total. The Morgan fingerprint density at radius 3 is 2.42 bits per heavy atom. The standard InChI is InChI=1S/C15H25NO2S/c1-10(2)8-12(14(17)18)16-9-11-6-7-13(19-11)15(3,4)5/h6-7,10,12,16H,8-9H2,1-5H3,(H,17,18). The summed E-state index contributed by atoms with van der Waals surface area (Å²) in [6, 6.07) is 3.77. The molecule has 0 spiro atoms. The van der Waals surface area contributed by atoms with Crippen LogP contribution >= 0.6 is 11.3 Å². The molecule has 19 heavy (non-hydrogen) atoms. The third kappa shape index (κ3) is 5.33. The van der Waals surface area contributed by atoms with E-state index in [9.17, 15) is 9.90 Å². The fraction of sp³-hybridized carbons (Fsp3) is 0.667. The second kappa shape index (κ2) is 6.53. The first-order chi connectivity index (χ1) is 8.70. The SMILES string of the molecule is CC(C)CC(NCc1ccc(C(C)(C)C)s1)C(=O)O. The Morgan fingerprint density at radius 2 is 2.00 bits per heavy atom. The highest BCUT2D eigenvalue weighted by Crippen LogP contribution is 2.29. The molecule has 0 aliphatic carbocycles. The van der Waals surface area contributed by atoms with Crippen LogP contribution in [0.1, 0.15) is 50.8 Å². The summed E-state index contributed by atoms with van der Waals surface area (Å²) >= 11 is 1.76. The number of hydrogen-bond acceptors (Lipinski definition) is 3. The van der Waals surface area contributed by atoms with E-state index >= 15 is 0 Å². The van der Waals surface area contributed by atoms with E-state index < -0.39 is 12.0 Å². The van der Waals surface area contributed by atoms with Gasteiger partial charge in [-0.3, -0.25) is 10.1 Å². The first-order valence-electron chi connectivity index (χ1n) is 6.75. The topological polar surface area (TPSA) is 49.3 Å². The maximum Gasteiger partial charge on any atom is 0.320 e. The summed E-state index contributed by atoms with van der Waals surface area (Å²) in [4.78, 5) is 13.7. The third-order valence-electron chi connectivity index (χ3n) is 2.93. The Kier molecular flexibility index (Phi) is 5.56. The molecule has 1 aromatic rings. The molecule has 1 unspecified atom stereocenters. The van der Waals surface area contributed by atoms with Crippen LogP contribution in [-0.4, -0.2) is 17.1 Å². The number of rotatable bonds is 6. The second-order valence-corrected chi connectivity index (χ2v) is 7.59. The average molecular weight is 283 g/mol. The lowest BCUT2D eigenvalue weighted by Gasteiger charge is -2.16. The number of thiophene rings is 1. The fourth-order valence-corrected chi connectivity index (χ4v) is 2.86. The van der Waals surface area contributed by atoms with Crippen LogP contribution < -0.4 is 5.32 Å². The molecule has 0 radical (unpaired) electrons. The van der Waals surface area contributed by atoms with Crippen LogP contribution in [0.5, 0.6) is 0 Å². The van der Waals surface area contributed by atoms with Gasteiger partial charge in [-0.15, -0.1) is 11.3 Å². The highest BCUT2D eigenvalue weighted by molar-refractivity contribution is 7.12. The summed E-state index contributed by atoms with van der Waals surface area (Å²) in [6.45, 7) is 11.3. The Bertz CT molecular complexity index is 418. The lowest BCUT2D eigenvalue weighted by atomic mass is 9.95. The molecule has 0 saturated heterocycles. The van der Waals surface area contributed by atoms with E-state index in [1.54, 1.807) is 11.3 Å². The van der Waals surface area contributed by atoms with Crippen molar-refractivity contribution >= 4 is 17.3 Å². The molecule has 0 saturated carbocycles. The van der Waals surface area contributed by atoms with Crippen LogP contribution in [0.25, 0.3) is 0 Å². The molecule has 0 bridgehead atoms. The Balaban J connectivity index is 2.60. The zero-order valence-corrected chi connectivity index (χ0v) is 13.3. The molecule has 3 nitrogen and oxygen atoms in total. The van der Waals surface area contributed by atoms with Crippen molar-refractivity contribution in [3.63, 3.8) is 0 Å². The van der Waals surface area contributed by atoms with Gasteiger partial charge in [-0.25, -0.2) is 0 Å². The van der Waals surface area contributed by atoms with Gasteiger partial charge in [0.25, 0.3) is 0 Å². The lowest BCUT2D eigenvalue weighted by molar-refractivity contribution is -0.140. The van der Waals surface area contributed by atoms with E-state index in [-0.39, 0.29) is 5.41 Å². The summed E-state index contributed by atoms with van der Waals surface area (Å²) < 4.78 is 0. The van der Waals surface area contributed by atoms with Crippen LogP contribution in [0, 0.1) is 5.92 Å². The van der Waals surface area contributed by atoms with Crippen molar-refractivity contribution in [1.82, 2.24) is 5.32 Å². The maximum absolute atomic E-state index is 11.2. The molecule has 0 aromatic carbocycles. The summed E-state index contributed by atoms with van der Waals surface area (Å²) in [7, 11) is 0. The molecule has 1 rings (SSSR count). The molecular formula is C15H25NO2S. The van der Waals surface area contributed by atoms with Gasteiger partial charge in [-0.2, -0.15) is 0 Å². The molecule has 0 fully saturated rings. The Hall–Kier alpha value is -0.870. The monoisotopic (exact) mass is 283 g/mol. The van der Waals surface area contributed by atoms with Gasteiger partial charge in [0.2, 0.25) is 0 Å². The van der Waals surface area contributed by atoms with E-state index in [0.717, 1.165) is 0 Å². The van der Waals surface area contributed by atoms with Gasteiger partial charge in [0.1, 0.15) is 6.04 Å². The number of hydrogen-bond donors (Lipinski definition) is 2. The molecule has 1 aromatic heterocycles. The minimum absolute atomic E-state index is 0.160. The molecule has 0 aliphatic rings. The van der Waals surface area contributed by atoms with Crippen LogP contribution in [0.4, 0.5) is 0 Å². The lowest BCUT2D eigenvalue weighted by Crippen LogP contribution is -2.37.